The van der Waals surface area contributed by atoms with Crippen LogP contribution in [-0.2, 0) is 11.8 Å². The summed E-state index contributed by atoms with van der Waals surface area (Å²) in [5, 5.41) is 4.21. The molecule has 0 aliphatic carbocycles. The van der Waals surface area contributed by atoms with E-state index < -0.39 is 0 Å². The number of fused-ring (bicyclic) bond motifs is 1. The Morgan fingerprint density at radius 1 is 1.20 bits per heavy atom. The van der Waals surface area contributed by atoms with E-state index in [9.17, 15) is 9.59 Å². The Balaban J connectivity index is 1.16. The van der Waals surface area contributed by atoms with E-state index in [0.717, 1.165) is 18.4 Å². The summed E-state index contributed by atoms with van der Waals surface area (Å²) in [5.41, 5.74) is 8.14. The fourth-order valence-corrected chi connectivity index (χ4v) is 4.83. The van der Waals surface area contributed by atoms with E-state index in [2.05, 4.69) is 16.0 Å². The molecule has 4 heterocycles. The Morgan fingerprint density at radius 3 is 2.77 bits per heavy atom. The zero-order chi connectivity index (χ0) is 20.7. The van der Waals surface area contributed by atoms with Crippen LogP contribution < -0.4 is 15.6 Å². The Morgan fingerprint density at radius 2 is 2.00 bits per heavy atom. The highest BCUT2D eigenvalue weighted by Gasteiger charge is 2.38. The number of likely N-dealkylation sites (tertiary alicyclic amines) is 1. The molecule has 2 aromatic rings. The first-order chi connectivity index (χ1) is 14.6. The maximum atomic E-state index is 13.0. The number of hydrogen-bond donors (Lipinski definition) is 2. The number of Topliss-reactive ketones (excluding diaryl/α,β-unsaturated/α-hetero) is 1. The number of ether oxygens (including phenoxy) is 1. The molecule has 3 aliphatic rings. The second-order valence-corrected chi connectivity index (χ2v) is 8.52. The number of para-hydroxylation sites is 1. The highest BCUT2D eigenvalue weighted by atomic mass is 16.5. The van der Waals surface area contributed by atoms with Gasteiger partial charge in [-0.3, -0.25) is 14.3 Å². The normalized spacial score (nSPS) is 27.0. The van der Waals surface area contributed by atoms with Crippen molar-refractivity contribution >= 4 is 11.7 Å². The number of aromatic nitrogens is 2. The van der Waals surface area contributed by atoms with Crippen LogP contribution in [0.1, 0.15) is 47.6 Å². The van der Waals surface area contributed by atoms with Crippen molar-refractivity contribution in [3.63, 3.8) is 0 Å². The van der Waals surface area contributed by atoms with Gasteiger partial charge >= 0.3 is 0 Å². The lowest BCUT2D eigenvalue weighted by Crippen LogP contribution is -2.50. The highest BCUT2D eigenvalue weighted by Crippen LogP contribution is 2.34. The van der Waals surface area contributed by atoms with Gasteiger partial charge in [0.05, 0.1) is 17.8 Å². The van der Waals surface area contributed by atoms with E-state index in [1.807, 2.05) is 48.6 Å². The van der Waals surface area contributed by atoms with Crippen LogP contribution in [0, 0.1) is 5.92 Å². The summed E-state index contributed by atoms with van der Waals surface area (Å²) in [5.74, 6) is 1.28. The van der Waals surface area contributed by atoms with Gasteiger partial charge in [0.15, 0.2) is 5.78 Å². The zero-order valence-corrected chi connectivity index (χ0v) is 17.1. The van der Waals surface area contributed by atoms with E-state index in [-0.39, 0.29) is 29.9 Å². The van der Waals surface area contributed by atoms with E-state index in [0.29, 0.717) is 43.2 Å². The molecule has 2 saturated heterocycles. The summed E-state index contributed by atoms with van der Waals surface area (Å²) in [6.07, 6.45) is 6.57. The van der Waals surface area contributed by atoms with Crippen molar-refractivity contribution in [1.29, 1.82) is 0 Å². The summed E-state index contributed by atoms with van der Waals surface area (Å²) in [6, 6.07) is 7.33. The Hall–Kier alpha value is -2.71. The van der Waals surface area contributed by atoms with Crippen LogP contribution in [0.25, 0.3) is 0 Å². The van der Waals surface area contributed by atoms with E-state index in [1.165, 1.54) is 0 Å². The topological polar surface area (TPSA) is 88.5 Å². The standard InChI is InChI=1S/C22H27N5O3/c1-26-13-15(12-23-26)17-10-18(25-24-17)22(29)27-8-6-14(7-9-27)21-11-19(28)16-4-2-3-5-20(16)30-21/h2-5,12-14,17-18,21,24-25H,6-11H2,1H3. The number of aryl methyl sites for hydroxylation is 1. The number of piperidine rings is 1. The van der Waals surface area contributed by atoms with Crippen molar-refractivity contribution in [3.05, 3.63) is 47.8 Å². The van der Waals surface area contributed by atoms with Crippen LogP contribution in [0.15, 0.2) is 36.7 Å². The third kappa shape index (κ3) is 3.61. The molecule has 3 unspecified atom stereocenters. The average Bonchev–Trinajstić information content (AvgIpc) is 3.42. The number of rotatable bonds is 3. The molecule has 0 saturated carbocycles. The summed E-state index contributed by atoms with van der Waals surface area (Å²) in [6.45, 7) is 1.41. The molecule has 2 N–H and O–H groups in total. The maximum absolute atomic E-state index is 13.0. The summed E-state index contributed by atoms with van der Waals surface area (Å²) >= 11 is 0. The third-order valence-electron chi connectivity index (χ3n) is 6.56. The monoisotopic (exact) mass is 409 g/mol. The number of nitrogens with one attached hydrogen (secondary N) is 2. The Labute approximate surface area is 175 Å². The number of hydrogen-bond acceptors (Lipinski definition) is 6. The minimum atomic E-state index is -0.230. The largest absolute Gasteiger partial charge is 0.489 e. The van der Waals surface area contributed by atoms with Crippen LogP contribution in [0.5, 0.6) is 5.75 Å². The van der Waals surface area contributed by atoms with Gasteiger partial charge in [-0.25, -0.2) is 10.9 Å². The quantitative estimate of drug-likeness (QED) is 0.801. The molecule has 5 rings (SSSR count). The molecular formula is C22H27N5O3. The van der Waals surface area contributed by atoms with Crippen molar-refractivity contribution < 1.29 is 14.3 Å². The third-order valence-corrected chi connectivity index (χ3v) is 6.56. The Kier molecular flexibility index (Phi) is 5.04. The molecule has 1 aromatic carbocycles. The number of carbonyl (C=O) groups is 2. The van der Waals surface area contributed by atoms with Gasteiger partial charge < -0.3 is 9.64 Å². The van der Waals surface area contributed by atoms with E-state index >= 15 is 0 Å². The van der Waals surface area contributed by atoms with Crippen molar-refractivity contribution in [1.82, 2.24) is 25.5 Å². The molecule has 0 spiro atoms. The molecule has 2 fully saturated rings. The maximum Gasteiger partial charge on any atom is 0.241 e. The average molecular weight is 409 g/mol. The van der Waals surface area contributed by atoms with Crippen molar-refractivity contribution in [3.8, 4) is 5.75 Å². The van der Waals surface area contributed by atoms with Gasteiger partial charge in [0, 0.05) is 38.3 Å². The number of carbonyl (C=O) groups excluding carboxylic acids is 2. The van der Waals surface area contributed by atoms with Gasteiger partial charge in [-0.2, -0.15) is 5.10 Å². The van der Waals surface area contributed by atoms with Gasteiger partial charge in [0.2, 0.25) is 5.91 Å². The fraction of sp³-hybridized carbons (Fsp3) is 0.500. The number of nitrogens with zero attached hydrogens (tertiary/aromatic N) is 3. The molecular weight excluding hydrogens is 382 g/mol. The number of amides is 1. The molecule has 1 amide bonds. The minimum Gasteiger partial charge on any atom is -0.489 e. The van der Waals surface area contributed by atoms with Gasteiger partial charge in [-0.1, -0.05) is 12.1 Å². The first-order valence-electron chi connectivity index (χ1n) is 10.7. The van der Waals surface area contributed by atoms with Gasteiger partial charge in [0.25, 0.3) is 0 Å². The van der Waals surface area contributed by atoms with Gasteiger partial charge in [-0.05, 0) is 37.3 Å². The van der Waals surface area contributed by atoms with Crippen molar-refractivity contribution in [2.24, 2.45) is 13.0 Å². The van der Waals surface area contributed by atoms with Crippen LogP contribution in [0.3, 0.4) is 0 Å². The lowest BCUT2D eigenvalue weighted by Gasteiger charge is -2.38. The second-order valence-electron chi connectivity index (χ2n) is 8.52. The second kappa shape index (κ2) is 7.85. The fourth-order valence-electron chi connectivity index (χ4n) is 4.83. The number of ketones is 1. The first-order valence-corrected chi connectivity index (χ1v) is 10.7. The molecule has 8 heteroatoms. The van der Waals surface area contributed by atoms with E-state index in [1.54, 1.807) is 4.68 Å². The highest BCUT2D eigenvalue weighted by molar-refractivity contribution is 5.99. The van der Waals surface area contributed by atoms with Crippen LogP contribution in [0.2, 0.25) is 0 Å². The predicted octanol–water partition coefficient (Wildman–Crippen LogP) is 1.60. The lowest BCUT2D eigenvalue weighted by atomic mass is 9.85. The molecule has 0 radical (unpaired) electrons. The number of benzene rings is 1. The molecule has 0 bridgehead atoms. The van der Waals surface area contributed by atoms with Gasteiger partial charge in [0.1, 0.15) is 17.9 Å². The SMILES string of the molecule is Cn1cc(C2CC(C(=O)N3CCC(C4CC(=O)c5ccccc5O4)CC3)NN2)cn1. The van der Waals surface area contributed by atoms with Crippen LogP contribution in [-0.4, -0.2) is 51.6 Å². The molecule has 3 atom stereocenters. The molecule has 3 aliphatic heterocycles. The Bertz CT molecular complexity index is 950. The molecule has 8 nitrogen and oxygen atoms in total. The smallest absolute Gasteiger partial charge is 0.241 e. The summed E-state index contributed by atoms with van der Waals surface area (Å²) < 4.78 is 7.92. The zero-order valence-electron chi connectivity index (χ0n) is 17.1. The molecule has 1 aromatic heterocycles. The van der Waals surface area contributed by atoms with E-state index in [4.69, 9.17) is 4.74 Å². The first kappa shape index (κ1) is 19.3. The number of hydrazine groups is 1. The van der Waals surface area contributed by atoms with Crippen molar-refractivity contribution in [2.45, 2.75) is 43.9 Å². The molecule has 30 heavy (non-hydrogen) atoms. The predicted molar refractivity (Wildman–Crippen MR) is 110 cm³/mol. The molecule has 158 valence electrons. The summed E-state index contributed by atoms with van der Waals surface area (Å²) in [7, 11) is 1.89. The van der Waals surface area contributed by atoms with Crippen molar-refractivity contribution in [2.75, 3.05) is 13.1 Å². The van der Waals surface area contributed by atoms with Crippen LogP contribution in [0.4, 0.5) is 0 Å². The van der Waals surface area contributed by atoms with Crippen LogP contribution >= 0.6 is 0 Å². The minimum absolute atomic E-state index is 0.0897. The lowest BCUT2D eigenvalue weighted by molar-refractivity contribution is -0.135. The van der Waals surface area contributed by atoms with Gasteiger partial charge in [-0.15, -0.1) is 0 Å². The summed E-state index contributed by atoms with van der Waals surface area (Å²) in [4.78, 5) is 27.4.